The molecule has 0 bridgehead atoms. The van der Waals surface area contributed by atoms with Crippen LogP contribution in [0.5, 0.6) is 0 Å². The summed E-state index contributed by atoms with van der Waals surface area (Å²) in [5.41, 5.74) is 3.18. The Bertz CT molecular complexity index is 349. The highest BCUT2D eigenvalue weighted by molar-refractivity contribution is 8.11. The quantitative estimate of drug-likeness (QED) is 0.641. The van der Waals surface area contributed by atoms with Crippen molar-refractivity contribution in [2.24, 2.45) is 0 Å². The van der Waals surface area contributed by atoms with Gasteiger partial charge < -0.3 is 0 Å². The van der Waals surface area contributed by atoms with Crippen LogP contribution in [0, 0.1) is 0 Å². The van der Waals surface area contributed by atoms with Crippen LogP contribution in [0.25, 0.3) is 0 Å². The third kappa shape index (κ3) is 4.08. The maximum absolute atomic E-state index is 11.7. The molecule has 4 nitrogen and oxygen atoms in total. The second-order valence-electron chi connectivity index (χ2n) is 5.49. The molecule has 2 rings (SSSR count). The molecular weight excluding hydrogens is 272 g/mol. The Hall–Kier alpha value is 0.160. The van der Waals surface area contributed by atoms with Gasteiger partial charge in [0.25, 0.3) is 0 Å². The highest BCUT2D eigenvalue weighted by Crippen LogP contribution is 2.26. The average molecular weight is 295 g/mol. The van der Waals surface area contributed by atoms with Gasteiger partial charge in [-0.15, -0.1) is 4.41 Å². The van der Waals surface area contributed by atoms with Gasteiger partial charge in [0.2, 0.25) is 0 Å². The third-order valence-corrected chi connectivity index (χ3v) is 5.38. The summed E-state index contributed by atoms with van der Waals surface area (Å²) >= 11 is 0. The lowest BCUT2D eigenvalue weighted by atomic mass is 9.95. The highest BCUT2D eigenvalue weighted by atomic mass is 35.7. The number of rotatable bonds is 4. The summed E-state index contributed by atoms with van der Waals surface area (Å²) < 4.78 is 24.8. The summed E-state index contributed by atoms with van der Waals surface area (Å²) in [6.07, 6.45) is 11.0. The molecule has 0 saturated heterocycles. The molecule has 0 radical (unpaired) electrons. The molecule has 2 aliphatic carbocycles. The smallest absolute Gasteiger partial charge is 0.237 e. The zero-order valence-corrected chi connectivity index (χ0v) is 12.3. The highest BCUT2D eigenvalue weighted by Gasteiger charge is 2.31. The molecule has 1 N–H and O–H groups in total. The van der Waals surface area contributed by atoms with E-state index in [2.05, 4.69) is 5.43 Å². The Labute approximate surface area is 115 Å². The Morgan fingerprint density at radius 3 is 1.89 bits per heavy atom. The van der Waals surface area contributed by atoms with E-state index in [9.17, 15) is 8.42 Å². The lowest BCUT2D eigenvalue weighted by Gasteiger charge is -2.35. The van der Waals surface area contributed by atoms with Gasteiger partial charge in [0.15, 0.2) is 0 Å². The Balaban J connectivity index is 2.00. The van der Waals surface area contributed by atoms with Crippen LogP contribution in [0.1, 0.15) is 64.2 Å². The molecule has 0 aromatic carbocycles. The molecule has 2 aliphatic rings. The van der Waals surface area contributed by atoms with Crippen molar-refractivity contribution in [2.75, 3.05) is 0 Å². The van der Waals surface area contributed by atoms with Gasteiger partial charge >= 0.3 is 9.24 Å². The predicted octanol–water partition coefficient (Wildman–Crippen LogP) is 2.94. The molecule has 0 spiro atoms. The molecule has 0 heterocycles. The molecule has 0 aliphatic heterocycles. The van der Waals surface area contributed by atoms with Crippen molar-refractivity contribution in [3.63, 3.8) is 0 Å². The first kappa shape index (κ1) is 14.6. The van der Waals surface area contributed by atoms with Gasteiger partial charge in [-0.25, -0.2) is 5.43 Å². The van der Waals surface area contributed by atoms with Crippen LogP contribution < -0.4 is 5.43 Å². The molecule has 106 valence electrons. The van der Waals surface area contributed by atoms with E-state index >= 15 is 0 Å². The topological polar surface area (TPSA) is 49.4 Å². The monoisotopic (exact) mass is 294 g/mol. The van der Waals surface area contributed by atoms with Crippen molar-refractivity contribution in [1.82, 2.24) is 9.84 Å². The minimum absolute atomic E-state index is 0.0446. The second kappa shape index (κ2) is 6.55. The zero-order valence-electron chi connectivity index (χ0n) is 10.8. The molecule has 0 aromatic heterocycles. The number of hydrogen-bond acceptors (Lipinski definition) is 3. The van der Waals surface area contributed by atoms with Crippen LogP contribution in [0.15, 0.2) is 0 Å². The third-order valence-electron chi connectivity index (χ3n) is 4.06. The van der Waals surface area contributed by atoms with Gasteiger partial charge in [-0.1, -0.05) is 38.5 Å². The summed E-state index contributed by atoms with van der Waals surface area (Å²) in [5.74, 6) is 0. The largest absolute Gasteiger partial charge is 0.312 e. The van der Waals surface area contributed by atoms with Crippen molar-refractivity contribution < 1.29 is 8.42 Å². The Kier molecular flexibility index (Phi) is 5.30. The molecule has 2 fully saturated rings. The number of hydrazine groups is 1. The van der Waals surface area contributed by atoms with E-state index in [0.29, 0.717) is 0 Å². The summed E-state index contributed by atoms with van der Waals surface area (Å²) in [5, 5.41) is 0. The normalized spacial score (nSPS) is 24.6. The van der Waals surface area contributed by atoms with E-state index < -0.39 is 9.24 Å². The van der Waals surface area contributed by atoms with Crippen LogP contribution in [-0.4, -0.2) is 24.9 Å². The van der Waals surface area contributed by atoms with E-state index in [4.69, 9.17) is 10.7 Å². The van der Waals surface area contributed by atoms with E-state index in [1.54, 1.807) is 0 Å². The van der Waals surface area contributed by atoms with Crippen molar-refractivity contribution in [2.45, 2.75) is 76.3 Å². The maximum Gasteiger partial charge on any atom is 0.312 e. The summed E-state index contributed by atoms with van der Waals surface area (Å²) in [7, 11) is 1.92. The van der Waals surface area contributed by atoms with Gasteiger partial charge in [0, 0.05) is 22.8 Å². The minimum Gasteiger partial charge on any atom is -0.237 e. The SMILES string of the molecule is O=S(=O)(Cl)N(NC1CCCCC1)C1CCCCC1. The zero-order chi connectivity index (χ0) is 13.0. The van der Waals surface area contributed by atoms with Crippen molar-refractivity contribution >= 4 is 19.9 Å². The van der Waals surface area contributed by atoms with Gasteiger partial charge in [0.1, 0.15) is 0 Å². The van der Waals surface area contributed by atoms with Crippen LogP contribution in [0.4, 0.5) is 0 Å². The molecule has 18 heavy (non-hydrogen) atoms. The fraction of sp³-hybridized carbons (Fsp3) is 1.00. The standard InChI is InChI=1S/C12H23ClN2O2S/c13-18(16,17)15(12-9-5-2-6-10-12)14-11-7-3-1-4-8-11/h11-12,14H,1-10H2. The van der Waals surface area contributed by atoms with Crippen molar-refractivity contribution in [1.29, 1.82) is 0 Å². The predicted molar refractivity (Wildman–Crippen MR) is 73.5 cm³/mol. The first-order chi connectivity index (χ1) is 8.57. The van der Waals surface area contributed by atoms with Crippen LogP contribution in [0.2, 0.25) is 0 Å². The molecule has 0 atom stereocenters. The van der Waals surface area contributed by atoms with Gasteiger partial charge in [-0.2, -0.15) is 8.42 Å². The lowest BCUT2D eigenvalue weighted by Crippen LogP contribution is -2.52. The number of nitrogens with zero attached hydrogens (tertiary/aromatic N) is 1. The molecule has 2 saturated carbocycles. The van der Waals surface area contributed by atoms with E-state index in [-0.39, 0.29) is 12.1 Å². The number of halogens is 1. The first-order valence-corrected chi connectivity index (χ1v) is 9.34. The first-order valence-electron chi connectivity index (χ1n) is 7.07. The molecule has 0 unspecified atom stereocenters. The van der Waals surface area contributed by atoms with Gasteiger partial charge in [-0.05, 0) is 25.7 Å². The molecule has 6 heteroatoms. The fourth-order valence-electron chi connectivity index (χ4n) is 3.07. The molecule has 0 aromatic rings. The van der Waals surface area contributed by atoms with Gasteiger partial charge in [-0.3, -0.25) is 0 Å². The summed E-state index contributed by atoms with van der Waals surface area (Å²) in [6, 6.07) is 0.317. The summed E-state index contributed by atoms with van der Waals surface area (Å²) in [6.45, 7) is 0. The fourth-order valence-corrected chi connectivity index (χ4v) is 4.37. The number of hydrogen-bond donors (Lipinski definition) is 1. The minimum atomic E-state index is -3.67. The average Bonchev–Trinajstić information content (AvgIpc) is 2.37. The molecule has 0 amide bonds. The van der Waals surface area contributed by atoms with E-state index in [1.165, 1.54) is 30.1 Å². The maximum atomic E-state index is 11.7. The van der Waals surface area contributed by atoms with Crippen LogP contribution >= 0.6 is 10.7 Å². The number of nitrogens with one attached hydrogen (secondary N) is 1. The van der Waals surface area contributed by atoms with Crippen molar-refractivity contribution in [3.05, 3.63) is 0 Å². The Morgan fingerprint density at radius 2 is 1.39 bits per heavy atom. The van der Waals surface area contributed by atoms with E-state index in [0.717, 1.165) is 38.5 Å². The van der Waals surface area contributed by atoms with E-state index in [1.807, 2.05) is 0 Å². The molecular formula is C12H23ClN2O2S. The Morgan fingerprint density at radius 1 is 0.889 bits per heavy atom. The lowest BCUT2D eigenvalue weighted by molar-refractivity contribution is 0.158. The summed E-state index contributed by atoms with van der Waals surface area (Å²) in [4.78, 5) is 0. The second-order valence-corrected chi connectivity index (χ2v) is 7.88. The van der Waals surface area contributed by atoms with Crippen LogP contribution in [-0.2, 0) is 9.24 Å². The van der Waals surface area contributed by atoms with Gasteiger partial charge in [0.05, 0.1) is 0 Å². The van der Waals surface area contributed by atoms with Crippen LogP contribution in [0.3, 0.4) is 0 Å². The van der Waals surface area contributed by atoms with Crippen molar-refractivity contribution in [3.8, 4) is 0 Å².